The van der Waals surface area contributed by atoms with Crippen LogP contribution in [0.25, 0.3) is 0 Å². The lowest BCUT2D eigenvalue weighted by molar-refractivity contribution is -0.242. The van der Waals surface area contributed by atoms with Crippen molar-refractivity contribution in [1.29, 1.82) is 0 Å². The fourth-order valence-electron chi connectivity index (χ4n) is 0.872. The summed E-state index contributed by atoms with van der Waals surface area (Å²) in [6.07, 6.45) is -0.344. The summed E-state index contributed by atoms with van der Waals surface area (Å²) >= 11 is 0. The van der Waals surface area contributed by atoms with Crippen LogP contribution in [0.4, 0.5) is 13.2 Å². The van der Waals surface area contributed by atoms with Gasteiger partial charge in [-0.3, -0.25) is 0 Å². The summed E-state index contributed by atoms with van der Waals surface area (Å²) in [5.41, 5.74) is 0. The molecule has 0 N–H and O–H groups in total. The fourth-order valence-corrected chi connectivity index (χ4v) is 0.872. The first-order chi connectivity index (χ1) is 4.61. The van der Waals surface area contributed by atoms with Crippen LogP contribution in [0.2, 0.25) is 0 Å². The number of alkyl halides is 3. The van der Waals surface area contributed by atoms with Gasteiger partial charge in [0.1, 0.15) is 0 Å². The highest BCUT2D eigenvalue weighted by molar-refractivity contribution is 4.91. The molecule has 0 amide bonds. The van der Waals surface area contributed by atoms with E-state index in [0.29, 0.717) is 11.3 Å². The lowest BCUT2D eigenvalue weighted by atomic mass is 10.3. The van der Waals surface area contributed by atoms with Gasteiger partial charge in [0.2, 0.25) is 0 Å². The maximum absolute atomic E-state index is 11.8. The van der Waals surface area contributed by atoms with Gasteiger partial charge in [-0.05, 0) is 6.42 Å². The van der Waals surface area contributed by atoms with Crippen LogP contribution in [-0.4, -0.2) is 24.3 Å². The third-order valence-electron chi connectivity index (χ3n) is 1.42. The van der Waals surface area contributed by atoms with E-state index in [0.717, 1.165) is 0 Å². The van der Waals surface area contributed by atoms with Crippen molar-refractivity contribution in [2.45, 2.75) is 12.7 Å². The van der Waals surface area contributed by atoms with Crippen LogP contribution in [0.1, 0.15) is 6.42 Å². The summed E-state index contributed by atoms with van der Waals surface area (Å²) in [7, 11) is 0. The minimum Gasteiger partial charge on any atom is -0.210 e. The largest absolute Gasteiger partial charge is 0.460 e. The summed E-state index contributed by atoms with van der Waals surface area (Å²) in [5, 5.41) is 0. The summed E-state index contributed by atoms with van der Waals surface area (Å²) in [5.74, 6) is 0. The number of hydrogen-bond donors (Lipinski definition) is 0. The molecule has 0 saturated heterocycles. The van der Waals surface area contributed by atoms with E-state index in [9.17, 15) is 13.2 Å². The molecule has 0 aliphatic carbocycles. The molecule has 0 bridgehead atoms. The molecule has 1 aliphatic heterocycles. The zero-order valence-corrected chi connectivity index (χ0v) is 5.36. The lowest BCUT2D eigenvalue weighted by Gasteiger charge is -2.24. The van der Waals surface area contributed by atoms with E-state index in [1.54, 1.807) is 6.08 Å². The predicted molar refractivity (Wildman–Crippen MR) is 31.4 cm³/mol. The third kappa shape index (κ3) is 1.73. The van der Waals surface area contributed by atoms with Gasteiger partial charge in [0.15, 0.2) is 0 Å². The van der Waals surface area contributed by atoms with Crippen molar-refractivity contribution >= 4 is 0 Å². The van der Waals surface area contributed by atoms with Crippen LogP contribution >= 0.6 is 0 Å². The molecule has 1 heterocycles. The Morgan fingerprint density at radius 1 is 1.20 bits per heavy atom. The molecule has 1 aliphatic rings. The van der Waals surface area contributed by atoms with Crippen molar-refractivity contribution in [2.75, 3.05) is 13.1 Å². The standard InChI is InChI=1S/C6H8F3N/c7-6(8,9)10-4-2-1-3-5-10/h1-2H,3-5H2. The van der Waals surface area contributed by atoms with Crippen LogP contribution in [0.5, 0.6) is 0 Å². The van der Waals surface area contributed by atoms with Crippen molar-refractivity contribution < 1.29 is 13.2 Å². The fraction of sp³-hybridized carbons (Fsp3) is 0.667. The van der Waals surface area contributed by atoms with Crippen molar-refractivity contribution in [3.8, 4) is 0 Å². The highest BCUT2D eigenvalue weighted by Gasteiger charge is 2.36. The third-order valence-corrected chi connectivity index (χ3v) is 1.42. The summed E-state index contributed by atoms with van der Waals surface area (Å²) in [6.45, 7) is 0.101. The minimum absolute atomic E-state index is 0.00347. The predicted octanol–water partition coefficient (Wildman–Crippen LogP) is 1.77. The van der Waals surface area contributed by atoms with Crippen molar-refractivity contribution in [2.24, 2.45) is 0 Å². The Hall–Kier alpha value is -0.510. The molecule has 0 aromatic heterocycles. The molecule has 0 fully saturated rings. The van der Waals surface area contributed by atoms with E-state index in [1.165, 1.54) is 6.08 Å². The van der Waals surface area contributed by atoms with Gasteiger partial charge in [-0.15, -0.1) is 0 Å². The topological polar surface area (TPSA) is 3.24 Å². The molecular formula is C6H8F3N. The average Bonchev–Trinajstić information content (AvgIpc) is 1.88. The Morgan fingerprint density at radius 2 is 1.90 bits per heavy atom. The highest BCUT2D eigenvalue weighted by Crippen LogP contribution is 2.22. The second kappa shape index (κ2) is 2.62. The highest BCUT2D eigenvalue weighted by atomic mass is 19.4. The van der Waals surface area contributed by atoms with Gasteiger partial charge in [0.25, 0.3) is 0 Å². The molecule has 1 rings (SSSR count). The molecule has 0 radical (unpaired) electrons. The molecule has 0 aromatic carbocycles. The summed E-state index contributed by atoms with van der Waals surface area (Å²) in [6, 6.07) is 0. The molecule has 58 valence electrons. The normalized spacial score (nSPS) is 21.5. The molecule has 0 aromatic rings. The van der Waals surface area contributed by atoms with Crippen LogP contribution in [0.15, 0.2) is 12.2 Å². The zero-order chi connectivity index (χ0) is 7.61. The zero-order valence-electron chi connectivity index (χ0n) is 5.36. The van der Waals surface area contributed by atoms with Crippen LogP contribution in [-0.2, 0) is 0 Å². The van der Waals surface area contributed by atoms with Crippen LogP contribution in [0.3, 0.4) is 0 Å². The average molecular weight is 151 g/mol. The van der Waals surface area contributed by atoms with E-state index >= 15 is 0 Å². The summed E-state index contributed by atoms with van der Waals surface area (Å²) < 4.78 is 35.5. The van der Waals surface area contributed by atoms with Gasteiger partial charge in [-0.25, -0.2) is 4.90 Å². The number of halogens is 3. The molecule has 0 spiro atoms. The summed E-state index contributed by atoms with van der Waals surface area (Å²) in [4.78, 5) is 0.493. The Balaban J connectivity index is 2.49. The SMILES string of the molecule is FC(F)(F)N1CC=CCC1. The molecule has 1 nitrogen and oxygen atoms in total. The molecule has 10 heavy (non-hydrogen) atoms. The molecule has 4 heteroatoms. The second-order valence-corrected chi connectivity index (χ2v) is 2.17. The first-order valence-corrected chi connectivity index (χ1v) is 3.07. The van der Waals surface area contributed by atoms with Gasteiger partial charge >= 0.3 is 6.30 Å². The van der Waals surface area contributed by atoms with Crippen LogP contribution in [0, 0.1) is 0 Å². The molecule has 0 saturated carbocycles. The smallest absolute Gasteiger partial charge is 0.210 e. The molecule has 0 unspecified atom stereocenters. The van der Waals surface area contributed by atoms with E-state index in [1.807, 2.05) is 0 Å². The van der Waals surface area contributed by atoms with Crippen LogP contribution < -0.4 is 0 Å². The molecular weight excluding hydrogens is 143 g/mol. The number of hydrogen-bond acceptors (Lipinski definition) is 1. The van der Waals surface area contributed by atoms with Crippen molar-refractivity contribution in [3.63, 3.8) is 0 Å². The van der Waals surface area contributed by atoms with Gasteiger partial charge in [0, 0.05) is 13.1 Å². The Kier molecular flexibility index (Phi) is 1.99. The lowest BCUT2D eigenvalue weighted by Crippen LogP contribution is -2.39. The minimum atomic E-state index is -4.15. The number of rotatable bonds is 0. The maximum Gasteiger partial charge on any atom is 0.460 e. The second-order valence-electron chi connectivity index (χ2n) is 2.17. The van der Waals surface area contributed by atoms with Gasteiger partial charge in [-0.1, -0.05) is 12.2 Å². The van der Waals surface area contributed by atoms with Gasteiger partial charge < -0.3 is 0 Å². The van der Waals surface area contributed by atoms with Crippen molar-refractivity contribution in [3.05, 3.63) is 12.2 Å². The quantitative estimate of drug-likeness (QED) is 0.376. The maximum atomic E-state index is 11.8. The molecule has 0 atom stereocenters. The Bertz CT molecular complexity index is 138. The van der Waals surface area contributed by atoms with Crippen molar-refractivity contribution in [1.82, 2.24) is 4.90 Å². The van der Waals surface area contributed by atoms with E-state index in [2.05, 4.69) is 0 Å². The Labute approximate surface area is 57.1 Å². The first kappa shape index (κ1) is 7.60. The number of nitrogens with zero attached hydrogens (tertiary/aromatic N) is 1. The van der Waals surface area contributed by atoms with Gasteiger partial charge in [0.05, 0.1) is 0 Å². The van der Waals surface area contributed by atoms with E-state index in [4.69, 9.17) is 0 Å². The monoisotopic (exact) mass is 151 g/mol. The van der Waals surface area contributed by atoms with E-state index < -0.39 is 6.30 Å². The van der Waals surface area contributed by atoms with E-state index in [-0.39, 0.29) is 13.1 Å². The van der Waals surface area contributed by atoms with Gasteiger partial charge in [-0.2, -0.15) is 13.2 Å². The Morgan fingerprint density at radius 3 is 2.20 bits per heavy atom. The first-order valence-electron chi connectivity index (χ1n) is 3.07.